The molecule has 18 heavy (non-hydrogen) atoms. The van der Waals surface area contributed by atoms with Gasteiger partial charge in [0, 0.05) is 20.6 Å². The van der Waals surface area contributed by atoms with Crippen LogP contribution in [0.4, 0.5) is 0 Å². The molecule has 0 saturated carbocycles. The van der Waals surface area contributed by atoms with Crippen molar-refractivity contribution in [2.75, 3.05) is 20.6 Å². The number of nitrogens with zero attached hydrogens (tertiary/aromatic N) is 2. The maximum absolute atomic E-state index is 5.22. The summed E-state index contributed by atoms with van der Waals surface area (Å²) in [6.45, 7) is 3.42. The fraction of sp³-hybridized carbons (Fsp3) is 0.357. The molecule has 0 radical (unpaired) electrons. The van der Waals surface area contributed by atoms with Crippen LogP contribution in [0.1, 0.15) is 11.1 Å². The third-order valence-corrected chi connectivity index (χ3v) is 2.59. The number of aliphatic imine (C=N–C) groups is 1. The van der Waals surface area contributed by atoms with E-state index in [2.05, 4.69) is 40.2 Å². The number of aryl methyl sites for hydroxylation is 1. The zero-order chi connectivity index (χ0) is 12.7. The van der Waals surface area contributed by atoms with Gasteiger partial charge in [-0.05, 0) is 18.1 Å². The van der Waals surface area contributed by atoms with Crippen molar-refractivity contribution in [2.45, 2.75) is 13.5 Å². The molecule has 0 atom stereocenters. The highest BCUT2D eigenvalue weighted by molar-refractivity contribution is 14.0. The molecular formula is C14H20IN3. The average molecular weight is 357 g/mol. The smallest absolute Gasteiger partial charge is 0.194 e. The summed E-state index contributed by atoms with van der Waals surface area (Å²) in [6.07, 6.45) is 5.22. The minimum atomic E-state index is 0. The van der Waals surface area contributed by atoms with E-state index < -0.39 is 0 Å². The van der Waals surface area contributed by atoms with Crippen LogP contribution in [0, 0.1) is 19.3 Å². The topological polar surface area (TPSA) is 27.6 Å². The van der Waals surface area contributed by atoms with Gasteiger partial charge in [-0.15, -0.1) is 30.4 Å². The van der Waals surface area contributed by atoms with Crippen molar-refractivity contribution in [3.63, 3.8) is 0 Å². The number of nitrogens with one attached hydrogen (secondary N) is 1. The van der Waals surface area contributed by atoms with Crippen molar-refractivity contribution >= 4 is 29.9 Å². The van der Waals surface area contributed by atoms with Crippen molar-refractivity contribution in [3.05, 3.63) is 35.4 Å². The maximum Gasteiger partial charge on any atom is 0.194 e. The molecular weight excluding hydrogens is 337 g/mol. The van der Waals surface area contributed by atoms with Crippen LogP contribution in [-0.4, -0.2) is 31.5 Å². The van der Waals surface area contributed by atoms with Gasteiger partial charge in [0.25, 0.3) is 0 Å². The van der Waals surface area contributed by atoms with Gasteiger partial charge in [-0.2, -0.15) is 0 Å². The normalized spacial score (nSPS) is 10.2. The molecule has 0 aliphatic rings. The van der Waals surface area contributed by atoms with Crippen LogP contribution in [-0.2, 0) is 6.54 Å². The highest BCUT2D eigenvalue weighted by Crippen LogP contribution is 2.09. The largest absolute Gasteiger partial charge is 0.345 e. The van der Waals surface area contributed by atoms with Gasteiger partial charge < -0.3 is 10.2 Å². The summed E-state index contributed by atoms with van der Waals surface area (Å²) in [5.74, 6) is 3.36. The maximum atomic E-state index is 5.22. The molecule has 0 fully saturated rings. The second-order valence-electron chi connectivity index (χ2n) is 3.89. The molecule has 0 spiro atoms. The summed E-state index contributed by atoms with van der Waals surface area (Å²) in [5, 5.41) is 3.10. The molecule has 0 aliphatic carbocycles. The van der Waals surface area contributed by atoms with E-state index >= 15 is 0 Å². The standard InChI is InChI=1S/C14H19N3.HI/c1-5-10-16-14(15-3)17(4)11-13-9-7-6-8-12(13)2;/h1,6-9H,10-11H2,2-4H3,(H,15,16);1H. The summed E-state index contributed by atoms with van der Waals surface area (Å²) in [4.78, 5) is 6.24. The number of halogens is 1. The summed E-state index contributed by atoms with van der Waals surface area (Å²) in [7, 11) is 3.76. The van der Waals surface area contributed by atoms with Gasteiger partial charge in [0.15, 0.2) is 5.96 Å². The van der Waals surface area contributed by atoms with Crippen LogP contribution in [0.2, 0.25) is 0 Å². The summed E-state index contributed by atoms with van der Waals surface area (Å²) in [5.41, 5.74) is 2.57. The second kappa shape index (κ2) is 8.81. The first-order chi connectivity index (χ1) is 8.19. The van der Waals surface area contributed by atoms with E-state index in [1.165, 1.54) is 11.1 Å². The van der Waals surface area contributed by atoms with Crippen LogP contribution in [0.15, 0.2) is 29.3 Å². The molecule has 98 valence electrons. The Labute approximate surface area is 127 Å². The Morgan fingerprint density at radius 2 is 2.11 bits per heavy atom. The van der Waals surface area contributed by atoms with E-state index in [4.69, 9.17) is 6.42 Å². The highest BCUT2D eigenvalue weighted by atomic mass is 127. The number of hydrogen-bond acceptors (Lipinski definition) is 1. The first kappa shape index (κ1) is 16.8. The Hall–Kier alpha value is -1.22. The van der Waals surface area contributed by atoms with Crippen molar-refractivity contribution in [2.24, 2.45) is 4.99 Å². The van der Waals surface area contributed by atoms with Gasteiger partial charge in [0.1, 0.15) is 0 Å². The van der Waals surface area contributed by atoms with Gasteiger partial charge in [-0.1, -0.05) is 30.2 Å². The minimum Gasteiger partial charge on any atom is -0.345 e. The fourth-order valence-corrected chi connectivity index (χ4v) is 1.63. The van der Waals surface area contributed by atoms with Gasteiger partial charge >= 0.3 is 0 Å². The van der Waals surface area contributed by atoms with Gasteiger partial charge in [0.2, 0.25) is 0 Å². The molecule has 4 heteroatoms. The first-order valence-corrected chi connectivity index (χ1v) is 5.58. The van der Waals surface area contributed by atoms with Crippen LogP contribution >= 0.6 is 24.0 Å². The molecule has 0 heterocycles. The van der Waals surface area contributed by atoms with Crippen LogP contribution in [0.25, 0.3) is 0 Å². The quantitative estimate of drug-likeness (QED) is 0.389. The predicted molar refractivity (Wildman–Crippen MR) is 88.3 cm³/mol. The highest BCUT2D eigenvalue weighted by Gasteiger charge is 2.06. The second-order valence-corrected chi connectivity index (χ2v) is 3.89. The van der Waals surface area contributed by atoms with E-state index in [0.717, 1.165) is 12.5 Å². The SMILES string of the molecule is C#CCNC(=NC)N(C)Cc1ccccc1C.I. The lowest BCUT2D eigenvalue weighted by atomic mass is 10.1. The van der Waals surface area contributed by atoms with Crippen LogP contribution in [0.3, 0.4) is 0 Å². The van der Waals surface area contributed by atoms with E-state index in [-0.39, 0.29) is 24.0 Å². The third kappa shape index (κ3) is 4.96. The number of rotatable bonds is 3. The van der Waals surface area contributed by atoms with Crippen molar-refractivity contribution in [1.29, 1.82) is 0 Å². The van der Waals surface area contributed by atoms with Crippen LogP contribution < -0.4 is 5.32 Å². The Kier molecular flexibility index (Phi) is 8.21. The van der Waals surface area contributed by atoms with E-state index in [1.807, 2.05) is 19.2 Å². The fourth-order valence-electron chi connectivity index (χ4n) is 1.63. The lowest BCUT2D eigenvalue weighted by Crippen LogP contribution is -2.38. The summed E-state index contributed by atoms with van der Waals surface area (Å²) >= 11 is 0. The van der Waals surface area contributed by atoms with Gasteiger partial charge in [-0.25, -0.2) is 0 Å². The number of benzene rings is 1. The van der Waals surface area contributed by atoms with Crippen molar-refractivity contribution in [1.82, 2.24) is 10.2 Å². The summed E-state index contributed by atoms with van der Waals surface area (Å²) in [6, 6.07) is 8.33. The van der Waals surface area contributed by atoms with E-state index in [9.17, 15) is 0 Å². The Morgan fingerprint density at radius 1 is 1.44 bits per heavy atom. The monoisotopic (exact) mass is 357 g/mol. The van der Waals surface area contributed by atoms with E-state index in [1.54, 1.807) is 7.05 Å². The predicted octanol–water partition coefficient (Wildman–Crippen LogP) is 2.25. The first-order valence-electron chi connectivity index (χ1n) is 5.58. The van der Waals surface area contributed by atoms with Gasteiger partial charge in [-0.3, -0.25) is 4.99 Å². The molecule has 0 unspecified atom stereocenters. The third-order valence-electron chi connectivity index (χ3n) is 2.59. The average Bonchev–Trinajstić information content (AvgIpc) is 2.33. The molecule has 1 aromatic rings. The lowest BCUT2D eigenvalue weighted by Gasteiger charge is -2.22. The van der Waals surface area contributed by atoms with Crippen molar-refractivity contribution in [3.8, 4) is 12.3 Å². The zero-order valence-corrected chi connectivity index (χ0v) is 13.4. The Bertz CT molecular complexity index is 435. The zero-order valence-electron chi connectivity index (χ0n) is 11.1. The van der Waals surface area contributed by atoms with Crippen LogP contribution in [0.5, 0.6) is 0 Å². The lowest BCUT2D eigenvalue weighted by molar-refractivity contribution is 0.479. The number of guanidine groups is 1. The Balaban J connectivity index is 0.00000289. The molecule has 0 saturated heterocycles. The minimum absolute atomic E-state index is 0. The molecule has 1 aromatic carbocycles. The van der Waals surface area contributed by atoms with Crippen molar-refractivity contribution < 1.29 is 0 Å². The molecule has 0 amide bonds. The number of terminal acetylenes is 1. The van der Waals surface area contributed by atoms with E-state index in [0.29, 0.717) is 6.54 Å². The molecule has 3 nitrogen and oxygen atoms in total. The van der Waals surface area contributed by atoms with Gasteiger partial charge in [0.05, 0.1) is 6.54 Å². The molecule has 0 aliphatic heterocycles. The molecule has 0 bridgehead atoms. The molecule has 0 aromatic heterocycles. The molecule has 1 N–H and O–H groups in total. The summed E-state index contributed by atoms with van der Waals surface area (Å²) < 4.78 is 0. The Morgan fingerprint density at radius 3 is 2.67 bits per heavy atom. The molecule has 1 rings (SSSR count). The number of hydrogen-bond donors (Lipinski definition) is 1.